The quantitative estimate of drug-likeness (QED) is 0.344. The fourth-order valence-electron chi connectivity index (χ4n) is 2.02. The van der Waals surface area contributed by atoms with Crippen molar-refractivity contribution in [1.29, 1.82) is 0 Å². The molecule has 0 saturated carbocycles. The Morgan fingerprint density at radius 2 is 2.10 bits per heavy atom. The number of aromatic amines is 1. The Hall–Kier alpha value is -2.29. The van der Waals surface area contributed by atoms with Gasteiger partial charge in [-0.15, -0.1) is 0 Å². The summed E-state index contributed by atoms with van der Waals surface area (Å²) in [6, 6.07) is 0. The zero-order valence-corrected chi connectivity index (χ0v) is 11.9. The van der Waals surface area contributed by atoms with Crippen LogP contribution in [0, 0.1) is 12.0 Å². The number of fused-ring (bicyclic) bond motifs is 1. The predicted molar refractivity (Wildman–Crippen MR) is 74.7 cm³/mol. The van der Waals surface area contributed by atoms with Crippen molar-refractivity contribution >= 4 is 22.7 Å². The summed E-state index contributed by atoms with van der Waals surface area (Å²) in [5.41, 5.74) is 2.25. The summed E-state index contributed by atoms with van der Waals surface area (Å²) in [5, 5.41) is 9.28. The van der Waals surface area contributed by atoms with Gasteiger partial charge in [-0.3, -0.25) is 15.7 Å². The van der Waals surface area contributed by atoms with Crippen molar-refractivity contribution in [3.05, 3.63) is 17.6 Å². The Morgan fingerprint density at radius 3 is 2.67 bits per heavy atom. The van der Waals surface area contributed by atoms with Gasteiger partial charge in [-0.05, 0) is 13.8 Å². The zero-order chi connectivity index (χ0) is 15.6. The lowest BCUT2D eigenvalue weighted by molar-refractivity contribution is 0.235. The van der Waals surface area contributed by atoms with Crippen LogP contribution in [0.4, 0.5) is 14.5 Å². The largest absolute Gasteiger partial charge is 0.371 e. The molecule has 0 spiro atoms. The molecule has 3 N–H and O–H groups in total. The number of halogens is 2. The lowest BCUT2D eigenvalue weighted by Crippen LogP contribution is -2.27. The number of pyridine rings is 1. The molecular weight excluding hydrogens is 282 g/mol. The van der Waals surface area contributed by atoms with Crippen molar-refractivity contribution in [2.75, 3.05) is 25.0 Å². The van der Waals surface area contributed by atoms with Crippen LogP contribution in [0.2, 0.25) is 0 Å². The average molecular weight is 298 g/mol. The molecule has 21 heavy (non-hydrogen) atoms. The molecule has 2 aromatic heterocycles. The molecule has 0 fully saturated rings. The number of nitrogens with one attached hydrogen (secondary N) is 2. The highest BCUT2D eigenvalue weighted by atomic mass is 19.1. The summed E-state index contributed by atoms with van der Waals surface area (Å²) < 4.78 is 27.6. The van der Waals surface area contributed by atoms with Gasteiger partial charge in [-0.2, -0.15) is 18.7 Å². The minimum Gasteiger partial charge on any atom is -0.371 e. The summed E-state index contributed by atoms with van der Waals surface area (Å²) in [4.78, 5) is 15.1. The van der Waals surface area contributed by atoms with E-state index in [2.05, 4.69) is 19.9 Å². The summed E-state index contributed by atoms with van der Waals surface area (Å²) in [6.45, 7) is 4.41. The van der Waals surface area contributed by atoms with Gasteiger partial charge in [-0.1, -0.05) is 0 Å². The number of H-pyrrole nitrogens is 1. The number of hydroxylamine groups is 1. The van der Waals surface area contributed by atoms with Crippen molar-refractivity contribution < 1.29 is 14.0 Å². The van der Waals surface area contributed by atoms with Crippen molar-refractivity contribution in [3.63, 3.8) is 0 Å². The number of imidazole rings is 1. The maximum absolute atomic E-state index is 14.3. The Bertz CT molecular complexity index is 684. The predicted octanol–water partition coefficient (Wildman–Crippen LogP) is 1.44. The Kier molecular flexibility index (Phi) is 4.32. The van der Waals surface area contributed by atoms with Gasteiger partial charge >= 0.3 is 0 Å². The molecule has 0 aliphatic carbocycles. The van der Waals surface area contributed by atoms with E-state index in [-0.39, 0.29) is 28.3 Å². The number of hydrogen-bond acceptors (Lipinski definition) is 5. The van der Waals surface area contributed by atoms with E-state index >= 15 is 0 Å². The molecule has 7 nitrogen and oxygen atoms in total. The van der Waals surface area contributed by atoms with Crippen LogP contribution in [-0.4, -0.2) is 46.1 Å². The third-order valence-electron chi connectivity index (χ3n) is 3.06. The number of anilines is 1. The van der Waals surface area contributed by atoms with E-state index < -0.39 is 12.0 Å². The zero-order valence-electron chi connectivity index (χ0n) is 11.9. The van der Waals surface area contributed by atoms with Crippen LogP contribution in [0.25, 0.3) is 11.2 Å². The van der Waals surface area contributed by atoms with Crippen LogP contribution in [0.15, 0.2) is 4.99 Å². The molecule has 0 aliphatic heterocycles. The maximum Gasteiger partial charge on any atom is 0.289 e. The summed E-state index contributed by atoms with van der Waals surface area (Å²) in [5.74, 6) is -0.796. The van der Waals surface area contributed by atoms with Crippen LogP contribution >= 0.6 is 0 Å². The van der Waals surface area contributed by atoms with E-state index in [0.29, 0.717) is 13.1 Å². The topological polar surface area (TPSA) is 89.4 Å². The van der Waals surface area contributed by atoms with E-state index in [1.54, 1.807) is 18.9 Å². The fourth-order valence-corrected chi connectivity index (χ4v) is 2.02. The Balaban J connectivity index is 2.86. The molecule has 2 rings (SSSR count). The van der Waals surface area contributed by atoms with Gasteiger partial charge in [0.25, 0.3) is 6.08 Å². The second-order valence-corrected chi connectivity index (χ2v) is 4.30. The number of amidine groups is 1. The van der Waals surface area contributed by atoms with Crippen molar-refractivity contribution in [2.24, 2.45) is 4.99 Å². The van der Waals surface area contributed by atoms with E-state index in [1.165, 1.54) is 0 Å². The van der Waals surface area contributed by atoms with Gasteiger partial charge in [0.1, 0.15) is 11.2 Å². The summed E-state index contributed by atoms with van der Waals surface area (Å²) in [6.07, 6.45) is -0.886. The first-order valence-electron chi connectivity index (χ1n) is 6.44. The third-order valence-corrected chi connectivity index (χ3v) is 3.06. The normalized spacial score (nSPS) is 12.0. The van der Waals surface area contributed by atoms with E-state index in [4.69, 9.17) is 0 Å². The maximum atomic E-state index is 14.3. The van der Waals surface area contributed by atoms with Crippen molar-refractivity contribution in [1.82, 2.24) is 20.4 Å². The van der Waals surface area contributed by atoms with Crippen molar-refractivity contribution in [3.8, 4) is 0 Å². The van der Waals surface area contributed by atoms with E-state index in [1.807, 2.05) is 12.4 Å². The van der Waals surface area contributed by atoms with Crippen LogP contribution in [-0.2, 0) is 0 Å². The molecule has 2 heterocycles. The number of aromatic nitrogens is 3. The lowest BCUT2D eigenvalue weighted by atomic mass is 10.1. The monoisotopic (exact) mass is 298 g/mol. The molecule has 114 valence electrons. The highest BCUT2D eigenvalue weighted by molar-refractivity contribution is 6.11. The molecule has 0 aromatic carbocycles. The van der Waals surface area contributed by atoms with E-state index in [0.717, 1.165) is 0 Å². The Morgan fingerprint density at radius 1 is 1.38 bits per heavy atom. The van der Waals surface area contributed by atoms with Crippen LogP contribution in [0.3, 0.4) is 0 Å². The van der Waals surface area contributed by atoms with Crippen LogP contribution < -0.4 is 10.4 Å². The third kappa shape index (κ3) is 2.64. The smallest absolute Gasteiger partial charge is 0.289 e. The first-order valence-corrected chi connectivity index (χ1v) is 6.44. The van der Waals surface area contributed by atoms with Crippen LogP contribution in [0.5, 0.6) is 0 Å². The molecule has 0 aliphatic rings. The second-order valence-electron chi connectivity index (χ2n) is 4.30. The standard InChI is InChI=1S/C12H16F2N6O/c1-4-15-10(19-21)6-7-11(18-12(14)16-7)17-9(13)8(6)20(3)5-2/h21H,4-5H2,1-3H3,(H,15,19)(H,16,17,18). The summed E-state index contributed by atoms with van der Waals surface area (Å²) >= 11 is 0. The number of rotatable bonds is 4. The number of nitrogens with zero attached hydrogens (tertiary/aromatic N) is 4. The highest BCUT2D eigenvalue weighted by Crippen LogP contribution is 2.28. The first-order chi connectivity index (χ1) is 10.0. The fraction of sp³-hybridized carbons (Fsp3) is 0.417. The highest BCUT2D eigenvalue weighted by Gasteiger charge is 2.24. The minimum absolute atomic E-state index is 0.0164. The van der Waals surface area contributed by atoms with Gasteiger partial charge in [0.2, 0.25) is 5.95 Å². The van der Waals surface area contributed by atoms with Gasteiger partial charge in [-0.25, -0.2) is 0 Å². The van der Waals surface area contributed by atoms with Gasteiger partial charge in [0.15, 0.2) is 11.5 Å². The second kappa shape index (κ2) is 6.00. The number of aliphatic imine (C=N–C) groups is 1. The molecule has 2 aromatic rings. The van der Waals surface area contributed by atoms with E-state index in [9.17, 15) is 14.0 Å². The molecule has 0 unspecified atom stereocenters. The van der Waals surface area contributed by atoms with Gasteiger partial charge < -0.3 is 9.88 Å². The summed E-state index contributed by atoms with van der Waals surface area (Å²) in [7, 11) is 1.66. The molecule has 0 amide bonds. The molecule has 0 saturated heterocycles. The first kappa shape index (κ1) is 15.1. The molecule has 0 bridgehead atoms. The van der Waals surface area contributed by atoms with Crippen LogP contribution in [0.1, 0.15) is 19.4 Å². The number of hydrogen-bond donors (Lipinski definition) is 3. The Labute approximate surface area is 119 Å². The SMILES string of the molecule is CCN=C(NO)c1c(N(C)CC)c(F)nc2nc(F)[nH]c12. The molecule has 0 atom stereocenters. The van der Waals surface area contributed by atoms with Crippen molar-refractivity contribution in [2.45, 2.75) is 13.8 Å². The molecular formula is C12H16F2N6O. The lowest BCUT2D eigenvalue weighted by Gasteiger charge is -2.21. The van der Waals surface area contributed by atoms with Gasteiger partial charge in [0, 0.05) is 20.1 Å². The average Bonchev–Trinajstić information content (AvgIpc) is 2.82. The molecule has 0 radical (unpaired) electrons. The van der Waals surface area contributed by atoms with Gasteiger partial charge in [0.05, 0.1) is 5.56 Å². The minimum atomic E-state index is -0.886. The molecule has 9 heteroatoms.